The lowest BCUT2D eigenvalue weighted by atomic mass is 10.0. The molecular formula is C9H19NO5S2. The van der Waals surface area contributed by atoms with E-state index >= 15 is 0 Å². The van der Waals surface area contributed by atoms with Crippen molar-refractivity contribution in [1.82, 2.24) is 4.72 Å². The normalized spacial score (nSPS) is 27.8. The second-order valence-electron chi connectivity index (χ2n) is 4.74. The van der Waals surface area contributed by atoms with E-state index in [1.807, 2.05) is 0 Å². The van der Waals surface area contributed by atoms with E-state index in [9.17, 15) is 16.8 Å². The van der Waals surface area contributed by atoms with Gasteiger partial charge in [0, 0.05) is 0 Å². The summed E-state index contributed by atoms with van der Waals surface area (Å²) in [6.07, 6.45) is 0.561. The molecule has 1 rings (SSSR count). The molecule has 2 unspecified atom stereocenters. The summed E-state index contributed by atoms with van der Waals surface area (Å²) in [5.41, 5.74) is -0.925. The van der Waals surface area contributed by atoms with Crippen LogP contribution in [0.25, 0.3) is 0 Å². The SMILES string of the molecule is CCC(C)(CO)NS(=O)(=O)C1CCS(=O)(=O)C1. The van der Waals surface area contributed by atoms with Crippen LogP contribution in [0.4, 0.5) is 0 Å². The van der Waals surface area contributed by atoms with Crippen LogP contribution in [0.2, 0.25) is 0 Å². The van der Waals surface area contributed by atoms with E-state index in [1.54, 1.807) is 13.8 Å². The molecule has 0 bridgehead atoms. The molecular weight excluding hydrogens is 266 g/mol. The molecule has 2 atom stereocenters. The van der Waals surface area contributed by atoms with E-state index < -0.39 is 30.6 Å². The third kappa shape index (κ3) is 3.64. The van der Waals surface area contributed by atoms with E-state index in [-0.39, 0.29) is 24.5 Å². The highest BCUT2D eigenvalue weighted by atomic mass is 32.2. The highest BCUT2D eigenvalue weighted by molar-refractivity contribution is 7.95. The lowest BCUT2D eigenvalue weighted by Crippen LogP contribution is -2.51. The van der Waals surface area contributed by atoms with Crippen molar-refractivity contribution >= 4 is 19.9 Å². The predicted molar refractivity (Wildman–Crippen MR) is 64.9 cm³/mol. The van der Waals surface area contributed by atoms with Crippen LogP contribution in [-0.2, 0) is 19.9 Å². The number of sulfonamides is 1. The molecule has 0 aliphatic carbocycles. The minimum Gasteiger partial charge on any atom is -0.394 e. The summed E-state index contributed by atoms with van der Waals surface area (Å²) in [5, 5.41) is 8.25. The van der Waals surface area contributed by atoms with Crippen LogP contribution in [-0.4, -0.2) is 50.8 Å². The van der Waals surface area contributed by atoms with Gasteiger partial charge in [-0.3, -0.25) is 0 Å². The van der Waals surface area contributed by atoms with Gasteiger partial charge in [0.2, 0.25) is 10.0 Å². The van der Waals surface area contributed by atoms with E-state index in [0.29, 0.717) is 6.42 Å². The molecule has 0 saturated carbocycles. The van der Waals surface area contributed by atoms with Crippen LogP contribution in [0.1, 0.15) is 26.7 Å². The Labute approximate surface area is 102 Å². The van der Waals surface area contributed by atoms with Gasteiger partial charge in [-0.15, -0.1) is 0 Å². The Hall–Kier alpha value is -0.180. The Bertz CT molecular complexity index is 464. The average Bonchev–Trinajstić information content (AvgIpc) is 2.59. The van der Waals surface area contributed by atoms with Gasteiger partial charge in [-0.05, 0) is 19.8 Å². The molecule has 2 N–H and O–H groups in total. The summed E-state index contributed by atoms with van der Waals surface area (Å²) in [5.74, 6) is -0.409. The maximum atomic E-state index is 12.0. The van der Waals surface area contributed by atoms with Crippen molar-refractivity contribution in [3.63, 3.8) is 0 Å². The Kier molecular flexibility index (Phi) is 4.23. The van der Waals surface area contributed by atoms with Crippen molar-refractivity contribution in [3.05, 3.63) is 0 Å². The lowest BCUT2D eigenvalue weighted by Gasteiger charge is -2.28. The van der Waals surface area contributed by atoms with Crippen LogP contribution in [0, 0.1) is 0 Å². The number of hydrogen-bond acceptors (Lipinski definition) is 5. The fourth-order valence-electron chi connectivity index (χ4n) is 1.65. The number of aliphatic hydroxyl groups is 1. The fraction of sp³-hybridized carbons (Fsp3) is 1.00. The Morgan fingerprint density at radius 3 is 2.41 bits per heavy atom. The maximum Gasteiger partial charge on any atom is 0.216 e. The van der Waals surface area contributed by atoms with E-state index in [2.05, 4.69) is 4.72 Å². The first kappa shape index (κ1) is 14.9. The summed E-state index contributed by atoms with van der Waals surface area (Å²) in [6.45, 7) is 3.03. The zero-order valence-corrected chi connectivity index (χ0v) is 11.6. The monoisotopic (exact) mass is 285 g/mol. The molecule has 0 aromatic heterocycles. The van der Waals surface area contributed by atoms with Crippen molar-refractivity contribution in [2.45, 2.75) is 37.5 Å². The molecule has 17 heavy (non-hydrogen) atoms. The molecule has 0 spiro atoms. The van der Waals surface area contributed by atoms with Crippen LogP contribution < -0.4 is 4.72 Å². The van der Waals surface area contributed by atoms with Gasteiger partial charge in [0.15, 0.2) is 9.84 Å². The van der Waals surface area contributed by atoms with Crippen molar-refractivity contribution < 1.29 is 21.9 Å². The van der Waals surface area contributed by atoms with Crippen LogP contribution in [0.3, 0.4) is 0 Å². The van der Waals surface area contributed by atoms with Gasteiger partial charge < -0.3 is 5.11 Å². The standard InChI is InChI=1S/C9H19NO5S2/c1-3-9(2,7-11)10-17(14,15)8-4-5-16(12,13)6-8/h8,10-11H,3-7H2,1-2H3. The first-order chi connectivity index (χ1) is 7.64. The molecule has 1 aliphatic rings. The summed E-state index contributed by atoms with van der Waals surface area (Å²) in [4.78, 5) is 0. The van der Waals surface area contributed by atoms with E-state index in [1.165, 1.54) is 0 Å². The quantitative estimate of drug-likeness (QED) is 0.692. The van der Waals surface area contributed by atoms with Gasteiger partial charge in [0.05, 0.1) is 28.9 Å². The van der Waals surface area contributed by atoms with Crippen molar-refractivity contribution in [2.24, 2.45) is 0 Å². The first-order valence-electron chi connectivity index (χ1n) is 5.48. The smallest absolute Gasteiger partial charge is 0.216 e. The average molecular weight is 285 g/mol. The zero-order chi connectivity index (χ0) is 13.3. The van der Waals surface area contributed by atoms with Gasteiger partial charge >= 0.3 is 0 Å². The molecule has 8 heteroatoms. The molecule has 1 heterocycles. The van der Waals surface area contributed by atoms with Gasteiger partial charge in [-0.25, -0.2) is 21.6 Å². The molecule has 102 valence electrons. The molecule has 0 aromatic carbocycles. The molecule has 1 aliphatic heterocycles. The first-order valence-corrected chi connectivity index (χ1v) is 8.85. The summed E-state index contributed by atoms with van der Waals surface area (Å²) in [6, 6.07) is 0. The van der Waals surface area contributed by atoms with Crippen molar-refractivity contribution in [3.8, 4) is 0 Å². The largest absolute Gasteiger partial charge is 0.394 e. The predicted octanol–water partition coefficient (Wildman–Crippen LogP) is -0.746. The highest BCUT2D eigenvalue weighted by Crippen LogP contribution is 2.20. The van der Waals surface area contributed by atoms with Crippen LogP contribution in [0.15, 0.2) is 0 Å². The minimum absolute atomic E-state index is 0.0828. The number of sulfone groups is 1. The lowest BCUT2D eigenvalue weighted by molar-refractivity contribution is 0.190. The molecule has 1 saturated heterocycles. The van der Waals surface area contributed by atoms with Crippen LogP contribution >= 0.6 is 0 Å². The van der Waals surface area contributed by atoms with Gasteiger partial charge in [0.25, 0.3) is 0 Å². The minimum atomic E-state index is -3.70. The fourth-order valence-corrected chi connectivity index (χ4v) is 6.17. The molecule has 0 amide bonds. The molecule has 1 fully saturated rings. The molecule has 0 radical (unpaired) electrons. The Morgan fingerprint density at radius 2 is 2.06 bits per heavy atom. The van der Waals surface area contributed by atoms with Crippen molar-refractivity contribution in [1.29, 1.82) is 0 Å². The van der Waals surface area contributed by atoms with E-state index in [0.717, 1.165) is 0 Å². The second-order valence-corrected chi connectivity index (χ2v) is 8.93. The van der Waals surface area contributed by atoms with E-state index in [4.69, 9.17) is 5.11 Å². The van der Waals surface area contributed by atoms with Crippen molar-refractivity contribution in [2.75, 3.05) is 18.1 Å². The zero-order valence-electron chi connectivity index (χ0n) is 10.0. The third-order valence-corrected chi connectivity index (χ3v) is 7.18. The van der Waals surface area contributed by atoms with Gasteiger partial charge in [-0.1, -0.05) is 6.92 Å². The number of rotatable bonds is 5. The summed E-state index contributed by atoms with van der Waals surface area (Å²) >= 11 is 0. The molecule has 0 aromatic rings. The Morgan fingerprint density at radius 1 is 1.47 bits per heavy atom. The third-order valence-electron chi connectivity index (χ3n) is 3.15. The number of nitrogens with one attached hydrogen (secondary N) is 1. The van der Waals surface area contributed by atoms with Crippen LogP contribution in [0.5, 0.6) is 0 Å². The topological polar surface area (TPSA) is 101 Å². The van der Waals surface area contributed by atoms with Gasteiger partial charge in [0.1, 0.15) is 0 Å². The summed E-state index contributed by atoms with van der Waals surface area (Å²) in [7, 11) is -6.93. The Balaban J connectivity index is 2.84. The number of aliphatic hydroxyl groups excluding tert-OH is 1. The highest BCUT2D eigenvalue weighted by Gasteiger charge is 2.40. The van der Waals surface area contributed by atoms with Gasteiger partial charge in [-0.2, -0.15) is 0 Å². The second kappa shape index (κ2) is 4.83. The number of hydrogen-bond donors (Lipinski definition) is 2. The molecule has 6 nitrogen and oxygen atoms in total. The maximum absolute atomic E-state index is 12.0. The summed E-state index contributed by atoms with van der Waals surface area (Å²) < 4.78 is 48.8.